The van der Waals surface area contributed by atoms with Crippen LogP contribution in [0.2, 0.25) is 0 Å². The highest BCUT2D eigenvalue weighted by molar-refractivity contribution is 7.80. The van der Waals surface area contributed by atoms with Gasteiger partial charge in [-0.1, -0.05) is 12.2 Å². The molecule has 104 valence electrons. The molecule has 0 bridgehead atoms. The van der Waals surface area contributed by atoms with Crippen molar-refractivity contribution in [2.75, 3.05) is 44.7 Å². The number of benzene rings is 1. The van der Waals surface area contributed by atoms with E-state index in [4.69, 9.17) is 22.7 Å². The van der Waals surface area contributed by atoms with E-state index >= 15 is 0 Å². The molecule has 0 aliphatic carbocycles. The number of morpholine rings is 1. The van der Waals surface area contributed by atoms with Crippen molar-refractivity contribution in [3.8, 4) is 0 Å². The monoisotopic (exact) mass is 279 g/mol. The summed E-state index contributed by atoms with van der Waals surface area (Å²) in [5.41, 5.74) is 7.59. The molecule has 2 rings (SSSR count). The van der Waals surface area contributed by atoms with Gasteiger partial charge >= 0.3 is 0 Å². The first kappa shape index (κ1) is 14.2. The molecule has 19 heavy (non-hydrogen) atoms. The molecule has 1 fully saturated rings. The molecule has 1 aliphatic rings. The lowest BCUT2D eigenvalue weighted by Crippen LogP contribution is -2.37. The van der Waals surface area contributed by atoms with Gasteiger partial charge in [0.2, 0.25) is 0 Å². The summed E-state index contributed by atoms with van der Waals surface area (Å²) in [5.74, 6) is 0. The highest BCUT2D eigenvalue weighted by Crippen LogP contribution is 2.09. The third-order valence-electron chi connectivity index (χ3n) is 3.25. The molecule has 1 aromatic carbocycles. The van der Waals surface area contributed by atoms with Crippen LogP contribution in [-0.2, 0) is 4.74 Å². The SMILES string of the molecule is NC(=S)c1ccc(NCCCN2CCOCC2)cc1. The Morgan fingerprint density at radius 3 is 2.58 bits per heavy atom. The van der Waals surface area contributed by atoms with Crippen molar-refractivity contribution in [3.63, 3.8) is 0 Å². The lowest BCUT2D eigenvalue weighted by atomic mass is 10.2. The van der Waals surface area contributed by atoms with Crippen molar-refractivity contribution in [3.05, 3.63) is 29.8 Å². The molecule has 0 unspecified atom stereocenters. The minimum absolute atomic E-state index is 0.443. The van der Waals surface area contributed by atoms with Crippen LogP contribution < -0.4 is 11.1 Å². The lowest BCUT2D eigenvalue weighted by Gasteiger charge is -2.26. The number of anilines is 1. The van der Waals surface area contributed by atoms with Gasteiger partial charge in [-0.05, 0) is 37.2 Å². The van der Waals surface area contributed by atoms with Crippen LogP contribution in [0, 0.1) is 0 Å². The zero-order valence-corrected chi connectivity index (χ0v) is 11.9. The van der Waals surface area contributed by atoms with Gasteiger partial charge in [0, 0.05) is 30.9 Å². The number of nitrogens with one attached hydrogen (secondary N) is 1. The molecule has 0 amide bonds. The number of hydrogen-bond donors (Lipinski definition) is 2. The third-order valence-corrected chi connectivity index (χ3v) is 3.49. The van der Waals surface area contributed by atoms with Crippen LogP contribution >= 0.6 is 12.2 Å². The van der Waals surface area contributed by atoms with Crippen LogP contribution in [-0.4, -0.2) is 49.3 Å². The summed E-state index contributed by atoms with van der Waals surface area (Å²) in [6.45, 7) is 5.96. The number of nitrogens with two attached hydrogens (primary N) is 1. The molecule has 0 saturated carbocycles. The number of hydrogen-bond acceptors (Lipinski definition) is 4. The molecule has 0 aromatic heterocycles. The standard InChI is InChI=1S/C14H21N3OS/c15-14(19)12-2-4-13(5-3-12)16-6-1-7-17-8-10-18-11-9-17/h2-5,16H,1,6-11H2,(H2,15,19). The van der Waals surface area contributed by atoms with Crippen molar-refractivity contribution >= 4 is 22.9 Å². The summed E-state index contributed by atoms with van der Waals surface area (Å²) in [7, 11) is 0. The van der Waals surface area contributed by atoms with Gasteiger partial charge in [-0.15, -0.1) is 0 Å². The fourth-order valence-electron chi connectivity index (χ4n) is 2.11. The normalized spacial score (nSPS) is 16.2. The summed E-state index contributed by atoms with van der Waals surface area (Å²) in [6.07, 6.45) is 1.14. The van der Waals surface area contributed by atoms with Crippen LogP contribution in [0.5, 0.6) is 0 Å². The van der Waals surface area contributed by atoms with E-state index in [0.29, 0.717) is 4.99 Å². The Morgan fingerprint density at radius 2 is 1.95 bits per heavy atom. The van der Waals surface area contributed by atoms with Crippen molar-refractivity contribution in [2.45, 2.75) is 6.42 Å². The molecule has 1 aliphatic heterocycles. The molecule has 0 spiro atoms. The van der Waals surface area contributed by atoms with E-state index in [1.165, 1.54) is 0 Å². The fraction of sp³-hybridized carbons (Fsp3) is 0.500. The van der Waals surface area contributed by atoms with Crippen LogP contribution in [0.3, 0.4) is 0 Å². The van der Waals surface area contributed by atoms with Gasteiger partial charge < -0.3 is 15.8 Å². The van der Waals surface area contributed by atoms with Gasteiger partial charge in [0.05, 0.1) is 13.2 Å². The van der Waals surface area contributed by atoms with Gasteiger partial charge in [0.25, 0.3) is 0 Å². The Kier molecular flexibility index (Phi) is 5.57. The quantitative estimate of drug-likeness (QED) is 0.610. The molecule has 1 saturated heterocycles. The minimum atomic E-state index is 0.443. The van der Waals surface area contributed by atoms with Crippen molar-refractivity contribution < 1.29 is 4.74 Å². The third kappa shape index (κ3) is 4.78. The van der Waals surface area contributed by atoms with Crippen LogP contribution in [0.25, 0.3) is 0 Å². The second-order valence-corrected chi connectivity index (χ2v) is 5.12. The van der Waals surface area contributed by atoms with E-state index in [9.17, 15) is 0 Å². The highest BCUT2D eigenvalue weighted by Gasteiger charge is 2.08. The molecule has 0 radical (unpaired) electrons. The highest BCUT2D eigenvalue weighted by atomic mass is 32.1. The predicted molar refractivity (Wildman–Crippen MR) is 82.7 cm³/mol. The first-order valence-corrected chi connectivity index (χ1v) is 7.10. The van der Waals surface area contributed by atoms with Gasteiger partial charge in [0.1, 0.15) is 4.99 Å². The summed E-state index contributed by atoms with van der Waals surface area (Å²) in [6, 6.07) is 7.94. The van der Waals surface area contributed by atoms with E-state index in [0.717, 1.165) is 57.1 Å². The van der Waals surface area contributed by atoms with Gasteiger partial charge in [-0.3, -0.25) is 4.90 Å². The Hall–Kier alpha value is -1.17. The van der Waals surface area contributed by atoms with Crippen molar-refractivity contribution in [1.82, 2.24) is 4.90 Å². The van der Waals surface area contributed by atoms with E-state index in [1.54, 1.807) is 0 Å². The molecule has 4 nitrogen and oxygen atoms in total. The molecule has 3 N–H and O–H groups in total. The smallest absolute Gasteiger partial charge is 0.103 e. The Labute approximate surface area is 119 Å². The summed E-state index contributed by atoms with van der Waals surface area (Å²) in [4.78, 5) is 2.89. The minimum Gasteiger partial charge on any atom is -0.389 e. The Morgan fingerprint density at radius 1 is 1.26 bits per heavy atom. The van der Waals surface area contributed by atoms with Crippen molar-refractivity contribution in [1.29, 1.82) is 0 Å². The van der Waals surface area contributed by atoms with Gasteiger partial charge in [-0.25, -0.2) is 0 Å². The zero-order valence-electron chi connectivity index (χ0n) is 11.1. The lowest BCUT2D eigenvalue weighted by molar-refractivity contribution is 0.0378. The maximum Gasteiger partial charge on any atom is 0.103 e. The molecular formula is C14H21N3OS. The first-order chi connectivity index (χ1) is 9.25. The largest absolute Gasteiger partial charge is 0.389 e. The maximum atomic E-state index is 5.56. The zero-order chi connectivity index (χ0) is 13.5. The average Bonchev–Trinajstić information content (AvgIpc) is 2.45. The number of rotatable bonds is 6. The second kappa shape index (κ2) is 7.43. The average molecular weight is 279 g/mol. The summed E-state index contributed by atoms with van der Waals surface area (Å²) < 4.78 is 5.33. The van der Waals surface area contributed by atoms with Crippen LogP contribution in [0.1, 0.15) is 12.0 Å². The van der Waals surface area contributed by atoms with Crippen molar-refractivity contribution in [2.24, 2.45) is 5.73 Å². The molecule has 1 aromatic rings. The molecule has 5 heteroatoms. The summed E-state index contributed by atoms with van der Waals surface area (Å²) >= 11 is 4.93. The van der Waals surface area contributed by atoms with E-state index in [-0.39, 0.29) is 0 Å². The summed E-state index contributed by atoms with van der Waals surface area (Å²) in [5, 5.41) is 3.41. The Balaban J connectivity index is 1.66. The number of nitrogens with zero attached hydrogens (tertiary/aromatic N) is 1. The van der Waals surface area contributed by atoms with E-state index in [2.05, 4.69) is 10.2 Å². The van der Waals surface area contributed by atoms with Crippen LogP contribution in [0.4, 0.5) is 5.69 Å². The van der Waals surface area contributed by atoms with Gasteiger partial charge in [-0.2, -0.15) is 0 Å². The molecule has 0 atom stereocenters. The Bertz CT molecular complexity index is 402. The first-order valence-electron chi connectivity index (χ1n) is 6.69. The van der Waals surface area contributed by atoms with E-state index < -0.39 is 0 Å². The fourth-order valence-corrected chi connectivity index (χ4v) is 2.25. The maximum absolute atomic E-state index is 5.56. The predicted octanol–water partition coefficient (Wildman–Crippen LogP) is 1.45. The number of thiocarbonyl (C=S) groups is 1. The number of ether oxygens (including phenoxy) is 1. The van der Waals surface area contributed by atoms with Gasteiger partial charge in [0.15, 0.2) is 0 Å². The van der Waals surface area contributed by atoms with E-state index in [1.807, 2.05) is 24.3 Å². The van der Waals surface area contributed by atoms with Crippen LogP contribution in [0.15, 0.2) is 24.3 Å². The molecule has 1 heterocycles. The topological polar surface area (TPSA) is 50.5 Å². The second-order valence-electron chi connectivity index (χ2n) is 4.68. The molecular weight excluding hydrogens is 258 g/mol.